The molecule has 1 spiro atoms. The number of allylic oxidation sites excluding steroid dienone is 1. The van der Waals surface area contributed by atoms with Gasteiger partial charge in [-0.2, -0.15) is 0 Å². The van der Waals surface area contributed by atoms with Crippen molar-refractivity contribution in [1.29, 1.82) is 0 Å². The maximum Gasteiger partial charge on any atom is 0.264 e. The third-order valence-electron chi connectivity index (χ3n) is 13.2. The van der Waals surface area contributed by atoms with Crippen LogP contribution in [0.4, 0.5) is 5.69 Å². The first-order chi connectivity index (χ1) is 26.8. The van der Waals surface area contributed by atoms with Gasteiger partial charge in [0.25, 0.3) is 11.8 Å². The number of nitrogens with one attached hydrogen (secondary N) is 2. The minimum absolute atomic E-state index is 0.0434. The highest BCUT2D eigenvalue weighted by atomic mass is 35.5. The van der Waals surface area contributed by atoms with Gasteiger partial charge in [-0.1, -0.05) is 30.7 Å². The number of hydrogen-bond donors (Lipinski definition) is 2. The fourth-order valence-electron chi connectivity index (χ4n) is 9.44. The van der Waals surface area contributed by atoms with E-state index in [0.717, 1.165) is 63.7 Å². The second kappa shape index (κ2) is 16.4. The second-order valence-electron chi connectivity index (χ2n) is 16.6. The summed E-state index contributed by atoms with van der Waals surface area (Å²) in [5, 5.41) is 3.12. The van der Waals surface area contributed by atoms with E-state index in [9.17, 15) is 22.8 Å². The van der Waals surface area contributed by atoms with Crippen LogP contribution in [0.5, 0.6) is 5.75 Å². The summed E-state index contributed by atoms with van der Waals surface area (Å²) in [6, 6.07) is 11.5. The molecule has 2 aromatic rings. The number of nitrogens with zero attached hydrogens (tertiary/aromatic N) is 2. The molecule has 2 saturated heterocycles. The van der Waals surface area contributed by atoms with E-state index >= 15 is 0 Å². The van der Waals surface area contributed by atoms with Gasteiger partial charge in [-0.3, -0.25) is 14.4 Å². The molecule has 2 aromatic carbocycles. The Morgan fingerprint density at radius 3 is 2.66 bits per heavy atom. The monoisotopic (exact) mass is 810 g/mol. The number of methoxy groups -OCH3 is 1. The molecule has 8 atom stereocenters. The van der Waals surface area contributed by atoms with Crippen LogP contribution in [-0.4, -0.2) is 107 Å². The predicted octanol–water partition coefficient (Wildman–Crippen LogP) is 4.67. The Bertz CT molecular complexity index is 1960. The van der Waals surface area contributed by atoms with Crippen molar-refractivity contribution in [3.05, 3.63) is 70.3 Å². The summed E-state index contributed by atoms with van der Waals surface area (Å²) in [4.78, 5) is 41.8. The third kappa shape index (κ3) is 7.86. The standard InChI is InChI=1S/C34H41ClN2O6S.C8H14N2O2/c1-22-6-4-15-34(20-38,42-3)29-11-8-26(29)18-37-19-33(14-5-7-24-16-27(35)10-12-28(24)33)21-43-31-13-9-25(17-30(31)37)32(39)36-44(40,41)23(22)2;1-6-8(11)10-3-2-9-4-7(10)5-12-6/h4,9-10,12-13,15-17,20,22-23,26,29H,5-8,11,14,18-19,21H2,1-3H3,(H,36,39);6-7,9H,2-5H2,1H3/b15-4+;/t22-,23+,26-,29+,33-,34-;6-,7+/m01/s1. The Morgan fingerprint density at radius 2 is 1.91 bits per heavy atom. The highest BCUT2D eigenvalue weighted by molar-refractivity contribution is 7.90. The van der Waals surface area contributed by atoms with Gasteiger partial charge in [0.05, 0.1) is 30.2 Å². The van der Waals surface area contributed by atoms with Crippen molar-refractivity contribution in [2.75, 3.05) is 57.9 Å². The van der Waals surface area contributed by atoms with Crippen LogP contribution in [0.2, 0.25) is 5.02 Å². The van der Waals surface area contributed by atoms with E-state index in [1.54, 1.807) is 32.2 Å². The van der Waals surface area contributed by atoms with Gasteiger partial charge in [0.2, 0.25) is 10.0 Å². The largest absolute Gasteiger partial charge is 0.490 e. The molecule has 3 fully saturated rings. The van der Waals surface area contributed by atoms with Crippen LogP contribution in [0.1, 0.15) is 74.4 Å². The summed E-state index contributed by atoms with van der Waals surface area (Å²) >= 11 is 6.40. The molecule has 0 radical (unpaired) electrons. The lowest BCUT2D eigenvalue weighted by Gasteiger charge is -2.48. The van der Waals surface area contributed by atoms with Crippen molar-refractivity contribution in [1.82, 2.24) is 14.9 Å². The van der Waals surface area contributed by atoms with Crippen molar-refractivity contribution in [2.45, 2.75) is 87.7 Å². The average molecular weight is 811 g/mol. The number of anilines is 1. The maximum atomic E-state index is 13.4. The van der Waals surface area contributed by atoms with Crippen LogP contribution in [0.25, 0.3) is 0 Å². The molecule has 304 valence electrons. The van der Waals surface area contributed by atoms with Gasteiger partial charge in [-0.05, 0) is 112 Å². The van der Waals surface area contributed by atoms with Gasteiger partial charge in [0, 0.05) is 61.8 Å². The third-order valence-corrected chi connectivity index (χ3v) is 15.4. The zero-order valence-electron chi connectivity index (χ0n) is 32.8. The van der Waals surface area contributed by atoms with Gasteiger partial charge >= 0.3 is 0 Å². The van der Waals surface area contributed by atoms with E-state index in [-0.39, 0.29) is 46.8 Å². The maximum absolute atomic E-state index is 13.4. The van der Waals surface area contributed by atoms with Crippen LogP contribution in [0, 0.1) is 17.8 Å². The highest BCUT2D eigenvalue weighted by Crippen LogP contribution is 2.48. The quantitative estimate of drug-likeness (QED) is 0.325. The summed E-state index contributed by atoms with van der Waals surface area (Å²) in [5.74, 6) is -0.0566. The molecule has 4 aliphatic heterocycles. The zero-order valence-corrected chi connectivity index (χ0v) is 34.4. The molecule has 2 aliphatic carbocycles. The van der Waals surface area contributed by atoms with Crippen molar-refractivity contribution in [3.63, 3.8) is 0 Å². The molecule has 4 heterocycles. The molecule has 0 unspecified atom stereocenters. The molecule has 2 amide bonds. The van der Waals surface area contributed by atoms with Crippen molar-refractivity contribution in [2.24, 2.45) is 17.8 Å². The smallest absolute Gasteiger partial charge is 0.264 e. The number of morpholine rings is 1. The van der Waals surface area contributed by atoms with E-state index in [2.05, 4.69) is 27.1 Å². The summed E-state index contributed by atoms with van der Waals surface area (Å²) in [6.07, 6.45) is 9.42. The van der Waals surface area contributed by atoms with E-state index in [0.29, 0.717) is 43.5 Å². The number of hydrogen-bond acceptors (Lipinski definition) is 10. The predicted molar refractivity (Wildman–Crippen MR) is 215 cm³/mol. The SMILES string of the molecule is CO[C@]1(C=O)/C=C/C[C@H](C)[C@@H](C)S(=O)(=O)NC(=O)c2ccc3c(c2)N(C[C@@H]2CC[C@H]21)C[C@@]1(CCCc2cc(Cl)ccc21)CO3.C[C@H]1OC[C@@H]2CNCCN2C1=O. The minimum atomic E-state index is -3.97. The van der Waals surface area contributed by atoms with Gasteiger partial charge in [-0.25, -0.2) is 13.1 Å². The Kier molecular flexibility index (Phi) is 11.9. The number of halogens is 1. The minimum Gasteiger partial charge on any atom is -0.490 e. The number of aryl methyl sites for hydroxylation is 1. The van der Waals surface area contributed by atoms with E-state index < -0.39 is 26.8 Å². The molecule has 2 N–H and O–H groups in total. The lowest BCUT2D eigenvalue weighted by atomic mass is 9.64. The van der Waals surface area contributed by atoms with Gasteiger partial charge in [0.1, 0.15) is 17.5 Å². The first-order valence-electron chi connectivity index (χ1n) is 20.0. The Morgan fingerprint density at radius 1 is 1.09 bits per heavy atom. The zero-order chi connectivity index (χ0) is 39.8. The lowest BCUT2D eigenvalue weighted by Crippen LogP contribution is -2.61. The van der Waals surface area contributed by atoms with Crippen LogP contribution in [-0.2, 0) is 40.9 Å². The molecular weight excluding hydrogens is 756 g/mol. The van der Waals surface area contributed by atoms with E-state index in [4.69, 9.17) is 25.8 Å². The number of amides is 2. The van der Waals surface area contributed by atoms with Crippen LogP contribution >= 0.6 is 11.6 Å². The summed E-state index contributed by atoms with van der Waals surface area (Å²) < 4.78 is 46.7. The number of sulfonamides is 1. The van der Waals surface area contributed by atoms with Crippen molar-refractivity contribution >= 4 is 45.4 Å². The van der Waals surface area contributed by atoms with Crippen LogP contribution in [0.15, 0.2) is 48.6 Å². The molecule has 1 saturated carbocycles. The lowest BCUT2D eigenvalue weighted by molar-refractivity contribution is -0.159. The number of piperazine rings is 1. The van der Waals surface area contributed by atoms with E-state index in [1.807, 2.05) is 37.0 Å². The van der Waals surface area contributed by atoms with Crippen molar-refractivity contribution < 1.29 is 37.0 Å². The van der Waals surface area contributed by atoms with Gasteiger partial charge < -0.3 is 29.3 Å². The molecule has 14 heteroatoms. The first-order valence-corrected chi connectivity index (χ1v) is 21.9. The summed E-state index contributed by atoms with van der Waals surface area (Å²) in [7, 11) is -2.41. The fourth-order valence-corrected chi connectivity index (χ4v) is 10.9. The topological polar surface area (TPSA) is 144 Å². The fraction of sp³-hybridized carbons (Fsp3) is 0.595. The summed E-state index contributed by atoms with van der Waals surface area (Å²) in [5.41, 5.74) is 2.05. The molecule has 2 bridgehead atoms. The number of carbonyl (C=O) groups excluding carboxylic acids is 3. The number of fused-ring (bicyclic) bond motifs is 5. The van der Waals surface area contributed by atoms with Crippen molar-refractivity contribution in [3.8, 4) is 5.75 Å². The second-order valence-corrected chi connectivity index (χ2v) is 19.0. The number of rotatable bonds is 2. The van der Waals surface area contributed by atoms with Gasteiger partial charge in [-0.15, -0.1) is 0 Å². The molecule has 8 rings (SSSR count). The number of carbonyl (C=O) groups is 3. The number of aldehydes is 1. The summed E-state index contributed by atoms with van der Waals surface area (Å²) in [6.45, 7) is 10.3. The molecular formula is C42H55ClN4O8S. The Balaban J connectivity index is 0.000000339. The molecule has 12 nitrogen and oxygen atoms in total. The van der Waals surface area contributed by atoms with E-state index in [1.165, 1.54) is 11.1 Å². The number of ether oxygens (including phenoxy) is 3. The highest BCUT2D eigenvalue weighted by Gasteiger charge is 2.49. The molecule has 56 heavy (non-hydrogen) atoms. The Hall–Kier alpha value is -3.49. The normalized spacial score (nSPS) is 34.4. The molecule has 0 aromatic heterocycles. The van der Waals surface area contributed by atoms with Crippen LogP contribution < -0.4 is 19.7 Å². The average Bonchev–Trinajstić information content (AvgIpc) is 3.33. The van der Waals surface area contributed by atoms with Gasteiger partial charge in [0.15, 0.2) is 6.29 Å². The Labute approximate surface area is 335 Å². The van der Waals surface area contributed by atoms with Crippen LogP contribution in [0.3, 0.4) is 0 Å². The first kappa shape index (κ1) is 40.7. The molecule has 6 aliphatic rings. The number of benzene rings is 2.